The summed E-state index contributed by atoms with van der Waals surface area (Å²) >= 11 is 0. The molecule has 3 rings (SSSR count). The van der Waals surface area contributed by atoms with Gasteiger partial charge in [0.05, 0.1) is 29.7 Å². The molecular formula is C22H28N6O3. The van der Waals surface area contributed by atoms with Crippen LogP contribution in [0.4, 0.5) is 10.5 Å². The van der Waals surface area contributed by atoms with E-state index >= 15 is 0 Å². The third-order valence-corrected chi connectivity index (χ3v) is 4.94. The molecule has 9 nitrogen and oxygen atoms in total. The van der Waals surface area contributed by atoms with Gasteiger partial charge in [-0.3, -0.25) is 9.69 Å². The van der Waals surface area contributed by atoms with Crippen molar-refractivity contribution < 1.29 is 14.3 Å². The molecule has 0 aliphatic heterocycles. The van der Waals surface area contributed by atoms with Crippen LogP contribution in [0, 0.1) is 13.8 Å². The number of anilines is 1. The molecule has 0 radical (unpaired) electrons. The Hall–Kier alpha value is -3.56. The second-order valence-corrected chi connectivity index (χ2v) is 7.28. The molecule has 2 aromatic carbocycles. The van der Waals surface area contributed by atoms with E-state index in [0.717, 1.165) is 32.5 Å². The molecule has 9 heteroatoms. The summed E-state index contributed by atoms with van der Waals surface area (Å²) in [5.74, 6) is 12.8. The van der Waals surface area contributed by atoms with Crippen LogP contribution in [0.3, 0.4) is 0 Å². The Morgan fingerprint density at radius 2 is 1.87 bits per heavy atom. The fourth-order valence-electron chi connectivity index (χ4n) is 3.39. The number of ether oxygens (including phenoxy) is 2. The van der Waals surface area contributed by atoms with Crippen LogP contribution in [0.2, 0.25) is 0 Å². The molecule has 1 aromatic heterocycles. The lowest BCUT2D eigenvalue weighted by Crippen LogP contribution is -2.49. The summed E-state index contributed by atoms with van der Waals surface area (Å²) in [6, 6.07) is 12.7. The van der Waals surface area contributed by atoms with E-state index in [4.69, 9.17) is 21.2 Å². The smallest absolute Gasteiger partial charge is 0.352 e. The predicted octanol–water partition coefficient (Wildman–Crippen LogP) is 2.90. The molecule has 4 N–H and O–H groups in total. The van der Waals surface area contributed by atoms with E-state index in [1.54, 1.807) is 25.3 Å². The zero-order valence-corrected chi connectivity index (χ0v) is 18.4. The van der Waals surface area contributed by atoms with E-state index in [2.05, 4.69) is 11.2 Å². The Kier molecular flexibility index (Phi) is 6.47. The largest absolute Gasteiger partial charge is 0.496 e. The molecule has 0 atom stereocenters. The van der Waals surface area contributed by atoms with Gasteiger partial charge in [-0.05, 0) is 55.8 Å². The normalized spacial score (nSPS) is 10.7. The van der Waals surface area contributed by atoms with E-state index in [1.807, 2.05) is 43.8 Å². The second kappa shape index (κ2) is 9.07. The lowest BCUT2D eigenvalue weighted by atomic mass is 10.1. The van der Waals surface area contributed by atoms with Crippen molar-refractivity contribution >= 4 is 11.7 Å². The van der Waals surface area contributed by atoms with Crippen LogP contribution >= 0.6 is 0 Å². The van der Waals surface area contributed by atoms with Crippen LogP contribution in [0.15, 0.2) is 42.5 Å². The summed E-state index contributed by atoms with van der Waals surface area (Å²) in [5.41, 5.74) is 5.09. The molecular weight excluding hydrogens is 396 g/mol. The number of nitrogens with zero attached hydrogens (tertiary/aromatic N) is 4. The summed E-state index contributed by atoms with van der Waals surface area (Å²) in [6.07, 6.45) is 0. The Balaban J connectivity index is 1.87. The maximum absolute atomic E-state index is 12.2. The second-order valence-electron chi connectivity index (χ2n) is 7.28. The molecule has 164 valence electrons. The van der Waals surface area contributed by atoms with E-state index in [1.165, 1.54) is 7.05 Å². The number of hydrogen-bond donors (Lipinski definition) is 2. The van der Waals surface area contributed by atoms with Gasteiger partial charge in [0.2, 0.25) is 0 Å². The third kappa shape index (κ3) is 4.62. The highest BCUT2D eigenvalue weighted by atomic mass is 16.5. The molecule has 2 amide bonds. The van der Waals surface area contributed by atoms with Crippen molar-refractivity contribution in [3.8, 4) is 22.8 Å². The highest BCUT2D eigenvalue weighted by molar-refractivity contribution is 5.91. The molecule has 0 saturated carbocycles. The fourth-order valence-corrected chi connectivity index (χ4v) is 3.39. The summed E-state index contributed by atoms with van der Waals surface area (Å²) in [7, 11) is 4.90. The zero-order chi connectivity index (χ0) is 22.7. The summed E-state index contributed by atoms with van der Waals surface area (Å²) in [5, 5.41) is 6.29. The molecule has 0 spiro atoms. The zero-order valence-electron chi connectivity index (χ0n) is 18.4. The van der Waals surface area contributed by atoms with Crippen molar-refractivity contribution in [2.75, 3.05) is 19.2 Å². The maximum atomic E-state index is 12.2. The van der Waals surface area contributed by atoms with Gasteiger partial charge in [0, 0.05) is 19.7 Å². The number of hydrogen-bond acceptors (Lipinski definition) is 6. The maximum Gasteiger partial charge on any atom is 0.352 e. The van der Waals surface area contributed by atoms with Gasteiger partial charge in [-0.25, -0.2) is 21.5 Å². The summed E-state index contributed by atoms with van der Waals surface area (Å²) in [4.78, 5) is 12.2. The van der Waals surface area contributed by atoms with E-state index in [0.29, 0.717) is 22.7 Å². The van der Waals surface area contributed by atoms with Crippen LogP contribution in [-0.4, -0.2) is 35.0 Å². The van der Waals surface area contributed by atoms with Crippen molar-refractivity contribution in [2.24, 2.45) is 18.7 Å². The van der Waals surface area contributed by atoms with Crippen molar-refractivity contribution in [1.82, 2.24) is 14.8 Å². The van der Waals surface area contributed by atoms with Gasteiger partial charge >= 0.3 is 6.03 Å². The standard InChI is InChI=1S/C22H28N6O3/c1-14-11-16(19-12-15(2)25-27(19)4)9-10-20(14)31-13-17-18(7-6-8-21(17)30-5)28(24)22(29)26(3)23/h6-12H,13,23-24H2,1-5H3. The minimum absolute atomic E-state index is 0.152. The SMILES string of the molecule is COc1cccc(N(N)C(=O)N(C)N)c1COc1ccc(-c2cc(C)nn2C)cc1C. The third-order valence-electron chi connectivity index (χ3n) is 4.94. The number of aryl methyl sites for hydroxylation is 3. The number of rotatable bonds is 6. The number of urea groups is 1. The number of amides is 2. The molecule has 31 heavy (non-hydrogen) atoms. The van der Waals surface area contributed by atoms with Crippen LogP contribution < -0.4 is 26.2 Å². The first kappa shape index (κ1) is 22.1. The minimum Gasteiger partial charge on any atom is -0.496 e. The molecule has 0 unspecified atom stereocenters. The van der Waals surface area contributed by atoms with E-state index in [9.17, 15) is 4.79 Å². The van der Waals surface area contributed by atoms with Gasteiger partial charge in [0.25, 0.3) is 0 Å². The topological polar surface area (TPSA) is 112 Å². The Morgan fingerprint density at radius 3 is 2.45 bits per heavy atom. The number of aromatic nitrogens is 2. The van der Waals surface area contributed by atoms with Gasteiger partial charge < -0.3 is 9.47 Å². The highest BCUT2D eigenvalue weighted by Gasteiger charge is 2.21. The average molecular weight is 425 g/mol. The first-order chi connectivity index (χ1) is 14.7. The number of nitrogens with two attached hydrogens (primary N) is 2. The van der Waals surface area contributed by atoms with Crippen LogP contribution in [-0.2, 0) is 13.7 Å². The highest BCUT2D eigenvalue weighted by Crippen LogP contribution is 2.32. The van der Waals surface area contributed by atoms with E-state index in [-0.39, 0.29) is 6.61 Å². The lowest BCUT2D eigenvalue weighted by Gasteiger charge is -2.24. The number of methoxy groups -OCH3 is 1. The number of benzene rings is 2. The molecule has 3 aromatic rings. The first-order valence-electron chi connectivity index (χ1n) is 9.70. The van der Waals surface area contributed by atoms with Gasteiger partial charge in [-0.1, -0.05) is 6.07 Å². The fraction of sp³-hybridized carbons (Fsp3) is 0.273. The van der Waals surface area contributed by atoms with Crippen molar-refractivity contribution in [2.45, 2.75) is 20.5 Å². The molecule has 0 aliphatic carbocycles. The molecule has 0 saturated heterocycles. The minimum atomic E-state index is -0.568. The van der Waals surface area contributed by atoms with Crippen LogP contribution in [0.5, 0.6) is 11.5 Å². The number of carbonyl (C=O) groups is 1. The van der Waals surface area contributed by atoms with Gasteiger partial charge in [-0.15, -0.1) is 0 Å². The quantitative estimate of drug-likeness (QED) is 0.357. The summed E-state index contributed by atoms with van der Waals surface area (Å²) in [6.45, 7) is 4.10. The van der Waals surface area contributed by atoms with Crippen molar-refractivity contribution in [3.63, 3.8) is 0 Å². The van der Waals surface area contributed by atoms with Crippen LogP contribution in [0.25, 0.3) is 11.3 Å². The average Bonchev–Trinajstić information content (AvgIpc) is 3.09. The molecule has 0 aliphatic rings. The van der Waals surface area contributed by atoms with Crippen molar-refractivity contribution in [3.05, 3.63) is 59.3 Å². The van der Waals surface area contributed by atoms with Gasteiger partial charge in [0.15, 0.2) is 0 Å². The van der Waals surface area contributed by atoms with Gasteiger partial charge in [0.1, 0.15) is 18.1 Å². The number of hydrazine groups is 2. The molecule has 0 fully saturated rings. The Morgan fingerprint density at radius 1 is 1.13 bits per heavy atom. The summed E-state index contributed by atoms with van der Waals surface area (Å²) < 4.78 is 13.4. The van der Waals surface area contributed by atoms with E-state index < -0.39 is 6.03 Å². The van der Waals surface area contributed by atoms with Gasteiger partial charge in [-0.2, -0.15) is 5.10 Å². The monoisotopic (exact) mass is 424 g/mol. The predicted molar refractivity (Wildman–Crippen MR) is 119 cm³/mol. The number of carbonyl (C=O) groups excluding carboxylic acids is 1. The molecule has 1 heterocycles. The Bertz CT molecular complexity index is 1090. The first-order valence-corrected chi connectivity index (χ1v) is 9.70. The Labute approximate surface area is 181 Å². The molecule has 0 bridgehead atoms. The lowest BCUT2D eigenvalue weighted by molar-refractivity contribution is 0.216. The van der Waals surface area contributed by atoms with Crippen LogP contribution in [0.1, 0.15) is 16.8 Å². The van der Waals surface area contributed by atoms with Crippen molar-refractivity contribution in [1.29, 1.82) is 0 Å².